The van der Waals surface area contributed by atoms with Gasteiger partial charge >= 0.3 is 0 Å². The van der Waals surface area contributed by atoms with E-state index in [-0.39, 0.29) is 41.1 Å². The summed E-state index contributed by atoms with van der Waals surface area (Å²) in [4.78, 5) is 61.4. The summed E-state index contributed by atoms with van der Waals surface area (Å²) in [6, 6.07) is 39.7. The van der Waals surface area contributed by atoms with Gasteiger partial charge in [-0.3, -0.25) is 29.5 Å². The smallest absolute Gasteiger partial charge is 0.260 e. The number of carbonyl (C=O) groups excluding carboxylic acids is 4. The summed E-state index contributed by atoms with van der Waals surface area (Å²) < 4.78 is 5.52. The number of benzene rings is 6. The zero-order valence-corrected chi connectivity index (χ0v) is 34.2. The van der Waals surface area contributed by atoms with Crippen LogP contribution in [0, 0.1) is 23.7 Å². The van der Waals surface area contributed by atoms with Crippen LogP contribution < -0.4 is 20.4 Å². The number of imide groups is 2. The molecule has 61 heavy (non-hydrogen) atoms. The Morgan fingerprint density at radius 3 is 2.21 bits per heavy atom. The van der Waals surface area contributed by atoms with Crippen molar-refractivity contribution in [3.63, 3.8) is 0 Å². The first kappa shape index (κ1) is 38.6. The molecule has 1 saturated carbocycles. The number of methoxy groups -OCH3 is 1. The van der Waals surface area contributed by atoms with Crippen LogP contribution in [-0.4, -0.2) is 40.9 Å². The van der Waals surface area contributed by atoms with E-state index in [2.05, 4.69) is 10.7 Å². The lowest BCUT2D eigenvalue weighted by atomic mass is 9.49. The first-order valence-electron chi connectivity index (χ1n) is 20.0. The van der Waals surface area contributed by atoms with Gasteiger partial charge in [0.15, 0.2) is 0 Å². The van der Waals surface area contributed by atoms with Crippen molar-refractivity contribution in [1.29, 1.82) is 0 Å². The number of hydrazine groups is 1. The first-order valence-corrected chi connectivity index (χ1v) is 20.8. The average Bonchev–Trinajstić information content (AvgIpc) is 3.66. The van der Waals surface area contributed by atoms with E-state index < -0.39 is 46.8 Å². The van der Waals surface area contributed by atoms with E-state index in [9.17, 15) is 14.7 Å². The van der Waals surface area contributed by atoms with E-state index in [0.29, 0.717) is 33.0 Å². The molecular formula is C49H38Cl2N4O6. The van der Waals surface area contributed by atoms with Crippen molar-refractivity contribution in [3.05, 3.63) is 166 Å². The fourth-order valence-electron chi connectivity index (χ4n) is 10.3. The Kier molecular flexibility index (Phi) is 9.38. The fraction of sp³-hybridized carbons (Fsp3) is 0.184. The largest absolute Gasteiger partial charge is 0.507 e. The predicted molar refractivity (Wildman–Crippen MR) is 235 cm³/mol. The summed E-state index contributed by atoms with van der Waals surface area (Å²) >= 11 is 12.8. The first-order chi connectivity index (χ1) is 29.6. The molecule has 0 bridgehead atoms. The third kappa shape index (κ3) is 5.99. The van der Waals surface area contributed by atoms with Crippen molar-refractivity contribution < 1.29 is 29.0 Å². The topological polar surface area (TPSA) is 128 Å². The average molecular weight is 850 g/mol. The number of fused-ring (bicyclic) bond motifs is 5. The molecule has 6 aromatic rings. The highest BCUT2D eigenvalue weighted by Gasteiger charge is 2.70. The number of ether oxygens (including phenoxy) is 1. The van der Waals surface area contributed by atoms with Crippen LogP contribution in [0.25, 0.3) is 10.8 Å². The number of aromatic hydroxyl groups is 1. The van der Waals surface area contributed by atoms with Crippen molar-refractivity contribution in [2.24, 2.45) is 23.7 Å². The van der Waals surface area contributed by atoms with Crippen molar-refractivity contribution in [2.75, 3.05) is 22.8 Å². The molecule has 2 heterocycles. The predicted octanol–water partition coefficient (Wildman–Crippen LogP) is 9.79. The van der Waals surface area contributed by atoms with Gasteiger partial charge in [-0.1, -0.05) is 102 Å². The maximum Gasteiger partial charge on any atom is 0.260 e. The molecule has 2 aliphatic heterocycles. The van der Waals surface area contributed by atoms with Crippen LogP contribution in [0.1, 0.15) is 29.9 Å². The molecule has 0 aromatic heterocycles. The normalized spacial score (nSPS) is 24.3. The molecule has 3 fully saturated rings. The number of allylic oxidation sites excluding steroid dienone is 2. The zero-order valence-electron chi connectivity index (χ0n) is 32.7. The third-order valence-electron chi connectivity index (χ3n) is 13.0. The second-order valence-corrected chi connectivity index (χ2v) is 16.8. The van der Waals surface area contributed by atoms with Crippen LogP contribution in [0.3, 0.4) is 0 Å². The molecule has 4 aliphatic rings. The number of carbonyl (C=O) groups is 4. The SMILES string of the molecule is COc1ccc(C23C(=O)N(Nc4ccc(Cl)cc4Cl)C(=O)C2CC2C(=CCC4C(=O)N(c5ccc(Nc6ccccc6)cc5)C(=O)C42)C3c2ccc3ccccc3c2O)cc1. The highest BCUT2D eigenvalue weighted by molar-refractivity contribution is 6.36. The van der Waals surface area contributed by atoms with Crippen LogP contribution in [0.15, 0.2) is 145 Å². The van der Waals surface area contributed by atoms with Crippen LogP contribution >= 0.6 is 23.2 Å². The summed E-state index contributed by atoms with van der Waals surface area (Å²) in [6.07, 6.45) is 2.27. The minimum absolute atomic E-state index is 0.0366. The van der Waals surface area contributed by atoms with Gasteiger partial charge in [-0.05, 0) is 96.4 Å². The number of hydrogen-bond acceptors (Lipinski definition) is 8. The van der Waals surface area contributed by atoms with Crippen molar-refractivity contribution in [1.82, 2.24) is 5.01 Å². The molecule has 6 unspecified atom stereocenters. The molecular weight excluding hydrogens is 811 g/mol. The second-order valence-electron chi connectivity index (χ2n) is 16.0. The molecule has 0 radical (unpaired) electrons. The maximum absolute atomic E-state index is 15.7. The lowest BCUT2D eigenvalue weighted by Crippen LogP contribution is -2.53. The van der Waals surface area contributed by atoms with Gasteiger partial charge in [0.05, 0.1) is 46.7 Å². The lowest BCUT2D eigenvalue weighted by molar-refractivity contribution is -0.138. The molecule has 12 heteroatoms. The highest BCUT2D eigenvalue weighted by atomic mass is 35.5. The van der Waals surface area contributed by atoms with E-state index in [1.807, 2.05) is 84.9 Å². The number of nitrogens with zero attached hydrogens (tertiary/aromatic N) is 2. The second kappa shape index (κ2) is 14.8. The molecule has 4 amide bonds. The van der Waals surface area contributed by atoms with E-state index >= 15 is 9.59 Å². The number of amides is 4. The van der Waals surface area contributed by atoms with Gasteiger partial charge in [0.2, 0.25) is 11.8 Å². The quantitative estimate of drug-likeness (QED) is 0.102. The van der Waals surface area contributed by atoms with Gasteiger partial charge in [-0.25, -0.2) is 0 Å². The van der Waals surface area contributed by atoms with Crippen LogP contribution in [0.4, 0.5) is 22.7 Å². The molecule has 2 saturated heterocycles. The van der Waals surface area contributed by atoms with E-state index in [1.54, 1.807) is 55.6 Å². The summed E-state index contributed by atoms with van der Waals surface area (Å²) in [7, 11) is 1.55. The molecule has 6 aromatic carbocycles. The standard InChI is InChI=1S/C49H38Cl2N4O6/c1-61-33-19-12-28(13-20-33)49-39(46(58)55(48(49)60)53-41-24-14-29(50)25-40(41)51)26-38-35(43(49)37-21-11-27-7-5-6-10-34(27)44(37)56)22-23-36-42(38)47(59)54(45(36)57)32-17-15-31(16-18-32)52-30-8-3-2-4-9-30/h2-22,24-25,36,38-39,42-43,52-53,56H,23,26H2,1H3. The van der Waals surface area contributed by atoms with Crippen molar-refractivity contribution in [3.8, 4) is 11.5 Å². The Labute approximate surface area is 361 Å². The van der Waals surface area contributed by atoms with Crippen LogP contribution in [0.2, 0.25) is 10.0 Å². The number of hydrogen-bond donors (Lipinski definition) is 3. The third-order valence-corrected chi connectivity index (χ3v) is 13.6. The van der Waals surface area contributed by atoms with Crippen molar-refractivity contribution in [2.45, 2.75) is 24.2 Å². The molecule has 2 aliphatic carbocycles. The van der Waals surface area contributed by atoms with Gasteiger partial charge in [-0.2, -0.15) is 5.01 Å². The van der Waals surface area contributed by atoms with Gasteiger partial charge in [0, 0.05) is 33.3 Å². The van der Waals surface area contributed by atoms with E-state index in [4.69, 9.17) is 27.9 Å². The minimum Gasteiger partial charge on any atom is -0.507 e. The Hall–Kier alpha value is -6.62. The van der Waals surface area contributed by atoms with Crippen LogP contribution in [0.5, 0.6) is 11.5 Å². The monoisotopic (exact) mass is 848 g/mol. The Bertz CT molecular complexity index is 2820. The molecule has 304 valence electrons. The molecule has 0 spiro atoms. The van der Waals surface area contributed by atoms with Gasteiger partial charge in [0.1, 0.15) is 11.5 Å². The number of nitrogens with one attached hydrogen (secondary N) is 2. The molecule has 6 atom stereocenters. The summed E-state index contributed by atoms with van der Waals surface area (Å²) in [6.45, 7) is 0. The number of phenols is 1. The minimum atomic E-state index is -1.63. The Morgan fingerprint density at radius 2 is 1.48 bits per heavy atom. The summed E-state index contributed by atoms with van der Waals surface area (Å²) in [5.41, 5.74) is 5.49. The van der Waals surface area contributed by atoms with Gasteiger partial charge in [-0.15, -0.1) is 0 Å². The van der Waals surface area contributed by atoms with Gasteiger partial charge < -0.3 is 15.2 Å². The number of halogens is 2. The molecule has 10 nitrogen and oxygen atoms in total. The van der Waals surface area contributed by atoms with Crippen molar-refractivity contribution >= 4 is 80.4 Å². The number of rotatable bonds is 8. The molecule has 3 N–H and O–H groups in total. The van der Waals surface area contributed by atoms with Crippen LogP contribution in [-0.2, 0) is 24.6 Å². The number of anilines is 4. The van der Waals surface area contributed by atoms with Gasteiger partial charge in [0.25, 0.3) is 11.8 Å². The zero-order chi connectivity index (χ0) is 42.2. The van der Waals surface area contributed by atoms with E-state index in [0.717, 1.165) is 27.3 Å². The Balaban J connectivity index is 1.12. The highest BCUT2D eigenvalue weighted by Crippen LogP contribution is 2.65. The number of para-hydroxylation sites is 1. The fourth-order valence-corrected chi connectivity index (χ4v) is 10.8. The maximum atomic E-state index is 15.7. The Morgan fingerprint density at radius 1 is 0.754 bits per heavy atom. The number of phenolic OH excluding ortho intramolecular Hbond substituents is 1. The summed E-state index contributed by atoms with van der Waals surface area (Å²) in [5, 5.41) is 18.6. The van der Waals surface area contributed by atoms with E-state index in [1.165, 1.54) is 11.0 Å². The lowest BCUT2D eigenvalue weighted by Gasteiger charge is -2.50. The summed E-state index contributed by atoms with van der Waals surface area (Å²) in [5.74, 6) is -5.43. The molecule has 10 rings (SSSR count).